The van der Waals surface area contributed by atoms with E-state index in [0.717, 1.165) is 12.0 Å². The maximum Gasteiger partial charge on any atom is 0.322 e. The molecule has 1 heterocycles. The first kappa shape index (κ1) is 18.3. The van der Waals surface area contributed by atoms with Gasteiger partial charge in [0, 0.05) is 18.8 Å². The van der Waals surface area contributed by atoms with Crippen LogP contribution in [0.15, 0.2) is 48.5 Å². The van der Waals surface area contributed by atoms with Crippen molar-refractivity contribution in [2.75, 3.05) is 22.3 Å². The van der Waals surface area contributed by atoms with Crippen LogP contribution in [0.2, 0.25) is 0 Å². The van der Waals surface area contributed by atoms with Crippen LogP contribution in [-0.2, 0) is 23.0 Å². The van der Waals surface area contributed by atoms with Crippen molar-refractivity contribution in [1.82, 2.24) is 4.90 Å². The normalized spacial score (nSPS) is 13.8. The predicted octanol–water partition coefficient (Wildman–Crippen LogP) is 3.43. The molecule has 0 saturated heterocycles. The fourth-order valence-corrected chi connectivity index (χ4v) is 4.16. The number of nitrogens with one attached hydrogen (secondary N) is 2. The van der Waals surface area contributed by atoms with Gasteiger partial charge < -0.3 is 10.2 Å². The van der Waals surface area contributed by atoms with Gasteiger partial charge in [-0.25, -0.2) is 13.2 Å². The number of amides is 2. The largest absolute Gasteiger partial charge is 0.322 e. The molecule has 0 radical (unpaired) electrons. The first-order chi connectivity index (χ1) is 12.5. The minimum atomic E-state index is -3.36. The zero-order chi connectivity index (χ0) is 18.6. The molecule has 3 rings (SSSR count). The van der Waals surface area contributed by atoms with E-state index >= 15 is 0 Å². The first-order valence-electron chi connectivity index (χ1n) is 8.70. The molecule has 6 nitrogen and oxygen atoms in total. The molecule has 0 fully saturated rings. The third-order valence-electron chi connectivity index (χ3n) is 4.28. The van der Waals surface area contributed by atoms with Crippen LogP contribution in [0.1, 0.15) is 24.5 Å². The number of carbonyl (C=O) groups excluding carboxylic acids is 1. The molecule has 2 aromatic rings. The SMILES string of the molecule is CCCS(=O)(=O)Nc1cccc(NC(=O)N2CCc3ccccc3C2)c1. The van der Waals surface area contributed by atoms with Gasteiger partial charge in [0.15, 0.2) is 0 Å². The fraction of sp³-hybridized carbons (Fsp3) is 0.316. The van der Waals surface area contributed by atoms with Gasteiger partial charge in [0.05, 0.1) is 11.4 Å². The Balaban J connectivity index is 1.66. The highest BCUT2D eigenvalue weighted by Gasteiger charge is 2.20. The van der Waals surface area contributed by atoms with Gasteiger partial charge in [-0.05, 0) is 42.2 Å². The van der Waals surface area contributed by atoms with Crippen LogP contribution in [0.5, 0.6) is 0 Å². The van der Waals surface area contributed by atoms with Crippen molar-refractivity contribution in [2.24, 2.45) is 0 Å². The number of benzene rings is 2. The third kappa shape index (κ3) is 4.54. The Bertz CT molecular complexity index is 896. The number of urea groups is 1. The van der Waals surface area contributed by atoms with Crippen LogP contribution in [0, 0.1) is 0 Å². The molecule has 0 spiro atoms. The molecule has 0 saturated carbocycles. The van der Waals surface area contributed by atoms with E-state index in [4.69, 9.17) is 0 Å². The van der Waals surface area contributed by atoms with Gasteiger partial charge in [0.2, 0.25) is 10.0 Å². The highest BCUT2D eigenvalue weighted by molar-refractivity contribution is 7.92. The summed E-state index contributed by atoms with van der Waals surface area (Å²) in [4.78, 5) is 14.3. The van der Waals surface area contributed by atoms with Gasteiger partial charge in [0.25, 0.3) is 0 Å². The first-order valence-corrected chi connectivity index (χ1v) is 10.4. The molecular weight excluding hydrogens is 350 g/mol. The van der Waals surface area contributed by atoms with Gasteiger partial charge in [-0.2, -0.15) is 0 Å². The van der Waals surface area contributed by atoms with Gasteiger partial charge in [-0.3, -0.25) is 4.72 Å². The quantitative estimate of drug-likeness (QED) is 0.843. The van der Waals surface area contributed by atoms with E-state index in [1.807, 2.05) is 25.1 Å². The summed E-state index contributed by atoms with van der Waals surface area (Å²) < 4.78 is 26.3. The lowest BCUT2D eigenvalue weighted by Gasteiger charge is -2.29. The van der Waals surface area contributed by atoms with Crippen LogP contribution in [0.3, 0.4) is 0 Å². The Kier molecular flexibility index (Phi) is 5.46. The molecule has 0 bridgehead atoms. The zero-order valence-electron chi connectivity index (χ0n) is 14.7. The van der Waals surface area contributed by atoms with Crippen molar-refractivity contribution in [2.45, 2.75) is 26.3 Å². The van der Waals surface area contributed by atoms with Crippen molar-refractivity contribution >= 4 is 27.4 Å². The van der Waals surface area contributed by atoms with Crippen molar-refractivity contribution in [3.63, 3.8) is 0 Å². The minimum Gasteiger partial charge on any atom is -0.320 e. The number of hydrogen-bond donors (Lipinski definition) is 2. The van der Waals surface area contributed by atoms with E-state index in [9.17, 15) is 13.2 Å². The molecule has 1 aliphatic rings. The third-order valence-corrected chi connectivity index (χ3v) is 5.77. The lowest BCUT2D eigenvalue weighted by atomic mass is 10.0. The maximum absolute atomic E-state index is 12.6. The lowest BCUT2D eigenvalue weighted by molar-refractivity contribution is 0.206. The molecule has 2 aromatic carbocycles. The number of rotatable bonds is 5. The summed E-state index contributed by atoms with van der Waals surface area (Å²) in [6, 6.07) is 14.7. The number of anilines is 2. The van der Waals surface area contributed by atoms with Gasteiger partial charge in [-0.15, -0.1) is 0 Å². The second-order valence-electron chi connectivity index (χ2n) is 6.37. The number of fused-ring (bicyclic) bond motifs is 1. The van der Waals surface area contributed by atoms with E-state index in [-0.39, 0.29) is 11.8 Å². The van der Waals surface area contributed by atoms with E-state index in [0.29, 0.717) is 30.9 Å². The second kappa shape index (κ2) is 7.78. The average molecular weight is 373 g/mol. The smallest absolute Gasteiger partial charge is 0.320 e. The summed E-state index contributed by atoms with van der Waals surface area (Å²) in [5.74, 6) is 0.0662. The summed E-state index contributed by atoms with van der Waals surface area (Å²) in [6.07, 6.45) is 1.38. The molecule has 0 aliphatic carbocycles. The van der Waals surface area contributed by atoms with Crippen LogP contribution in [0.4, 0.5) is 16.2 Å². The monoisotopic (exact) mass is 373 g/mol. The van der Waals surface area contributed by atoms with Crippen molar-refractivity contribution in [3.8, 4) is 0 Å². The van der Waals surface area contributed by atoms with Crippen LogP contribution in [0.25, 0.3) is 0 Å². The Hall–Kier alpha value is -2.54. The van der Waals surface area contributed by atoms with Crippen LogP contribution >= 0.6 is 0 Å². The molecule has 0 atom stereocenters. The van der Waals surface area contributed by atoms with Gasteiger partial charge in [-0.1, -0.05) is 37.3 Å². The predicted molar refractivity (Wildman–Crippen MR) is 104 cm³/mol. The summed E-state index contributed by atoms with van der Waals surface area (Å²) in [6.45, 7) is 3.04. The molecule has 1 aliphatic heterocycles. The molecule has 7 heteroatoms. The topological polar surface area (TPSA) is 78.5 Å². The molecule has 0 unspecified atom stereocenters. The minimum absolute atomic E-state index is 0.0662. The molecule has 0 aromatic heterocycles. The summed E-state index contributed by atoms with van der Waals surface area (Å²) in [5, 5.41) is 2.85. The molecular formula is C19H23N3O3S. The highest BCUT2D eigenvalue weighted by Crippen LogP contribution is 2.21. The van der Waals surface area contributed by atoms with Crippen molar-refractivity contribution < 1.29 is 13.2 Å². The van der Waals surface area contributed by atoms with E-state index in [2.05, 4.69) is 16.1 Å². The Morgan fingerprint density at radius 1 is 1.08 bits per heavy atom. The van der Waals surface area contributed by atoms with Crippen LogP contribution < -0.4 is 10.0 Å². The van der Waals surface area contributed by atoms with E-state index in [1.54, 1.807) is 29.2 Å². The van der Waals surface area contributed by atoms with Gasteiger partial charge in [0.1, 0.15) is 0 Å². The van der Waals surface area contributed by atoms with E-state index in [1.165, 1.54) is 5.56 Å². The standard InChI is InChI=1S/C19H23N3O3S/c1-2-12-26(24,25)21-18-9-5-8-17(13-18)20-19(23)22-11-10-15-6-3-4-7-16(15)14-22/h3-9,13,21H,2,10-12,14H2,1H3,(H,20,23). The summed E-state index contributed by atoms with van der Waals surface area (Å²) >= 11 is 0. The number of nitrogens with zero attached hydrogens (tertiary/aromatic N) is 1. The Morgan fingerprint density at radius 3 is 2.58 bits per heavy atom. The summed E-state index contributed by atoms with van der Waals surface area (Å²) in [5.41, 5.74) is 3.45. The van der Waals surface area contributed by atoms with E-state index < -0.39 is 10.0 Å². The van der Waals surface area contributed by atoms with Crippen molar-refractivity contribution in [3.05, 3.63) is 59.7 Å². The number of carbonyl (C=O) groups is 1. The summed E-state index contributed by atoms with van der Waals surface area (Å²) in [7, 11) is -3.36. The molecule has 26 heavy (non-hydrogen) atoms. The fourth-order valence-electron chi connectivity index (χ4n) is 3.03. The van der Waals surface area contributed by atoms with Crippen molar-refractivity contribution in [1.29, 1.82) is 0 Å². The van der Waals surface area contributed by atoms with Gasteiger partial charge >= 0.3 is 6.03 Å². The Labute approximate surface area is 154 Å². The Morgan fingerprint density at radius 2 is 1.81 bits per heavy atom. The number of hydrogen-bond acceptors (Lipinski definition) is 3. The van der Waals surface area contributed by atoms with Crippen LogP contribution in [-0.4, -0.2) is 31.6 Å². The molecule has 2 N–H and O–H groups in total. The molecule has 2 amide bonds. The average Bonchev–Trinajstić information content (AvgIpc) is 2.61. The second-order valence-corrected chi connectivity index (χ2v) is 8.21. The molecule has 138 valence electrons. The highest BCUT2D eigenvalue weighted by atomic mass is 32.2. The number of sulfonamides is 1. The maximum atomic E-state index is 12.6. The zero-order valence-corrected chi connectivity index (χ0v) is 15.6. The lowest BCUT2D eigenvalue weighted by Crippen LogP contribution is -2.38.